The predicted octanol–water partition coefficient (Wildman–Crippen LogP) is 2.47. The number of carbonyl (C=O) groups is 1. The van der Waals surface area contributed by atoms with Crippen LogP contribution in [0.2, 0.25) is 0 Å². The topological polar surface area (TPSA) is 83.6 Å². The summed E-state index contributed by atoms with van der Waals surface area (Å²) in [5.41, 5.74) is 4.19. The zero-order chi connectivity index (χ0) is 19.7. The predicted molar refractivity (Wildman–Crippen MR) is 105 cm³/mol. The van der Waals surface area contributed by atoms with Crippen molar-refractivity contribution in [2.45, 2.75) is 39.5 Å². The molecule has 1 unspecified atom stereocenters. The van der Waals surface area contributed by atoms with Crippen molar-refractivity contribution in [1.82, 2.24) is 24.5 Å². The minimum absolute atomic E-state index is 0.200. The van der Waals surface area contributed by atoms with Crippen LogP contribution in [-0.4, -0.2) is 48.6 Å². The van der Waals surface area contributed by atoms with Gasteiger partial charge in [-0.1, -0.05) is 12.1 Å². The summed E-state index contributed by atoms with van der Waals surface area (Å²) >= 11 is 0. The molecule has 1 amide bonds. The summed E-state index contributed by atoms with van der Waals surface area (Å²) in [4.78, 5) is 23.3. The first kappa shape index (κ1) is 18.4. The highest BCUT2D eigenvalue weighted by atomic mass is 16.3. The summed E-state index contributed by atoms with van der Waals surface area (Å²) in [6.07, 6.45) is 4.61. The third-order valence-electron chi connectivity index (χ3n) is 5.68. The number of likely N-dealkylation sites (tertiary alicyclic amines) is 1. The Labute approximate surface area is 164 Å². The van der Waals surface area contributed by atoms with Crippen molar-refractivity contribution < 1.29 is 9.90 Å². The molecule has 0 radical (unpaired) electrons. The third-order valence-corrected chi connectivity index (χ3v) is 5.68. The van der Waals surface area contributed by atoms with Gasteiger partial charge < -0.3 is 10.0 Å². The van der Waals surface area contributed by atoms with Crippen molar-refractivity contribution in [2.24, 2.45) is 5.92 Å². The van der Waals surface area contributed by atoms with Crippen LogP contribution in [0.1, 0.15) is 35.4 Å². The molecule has 4 rings (SSSR count). The molecule has 1 aromatic carbocycles. The molecule has 0 spiro atoms. The summed E-state index contributed by atoms with van der Waals surface area (Å²) in [7, 11) is 0. The van der Waals surface area contributed by atoms with Crippen LogP contribution in [0.5, 0.6) is 5.75 Å². The number of fused-ring (bicyclic) bond motifs is 1. The maximum absolute atomic E-state index is 12.7. The van der Waals surface area contributed by atoms with Gasteiger partial charge in [0.2, 0.25) is 5.91 Å². The molecule has 1 fully saturated rings. The second-order valence-corrected chi connectivity index (χ2v) is 7.60. The number of hydrogen-bond acceptors (Lipinski definition) is 5. The zero-order valence-corrected chi connectivity index (χ0v) is 16.3. The van der Waals surface area contributed by atoms with Crippen LogP contribution in [0.3, 0.4) is 0 Å². The van der Waals surface area contributed by atoms with E-state index in [0.29, 0.717) is 24.5 Å². The molecule has 0 saturated carbocycles. The highest BCUT2D eigenvalue weighted by Gasteiger charge is 2.26. The van der Waals surface area contributed by atoms with Gasteiger partial charge in [-0.15, -0.1) is 0 Å². The Kier molecular flexibility index (Phi) is 4.98. The summed E-state index contributed by atoms with van der Waals surface area (Å²) < 4.78 is 1.73. The lowest BCUT2D eigenvalue weighted by atomic mass is 9.99. The number of hydrogen-bond donors (Lipinski definition) is 1. The van der Waals surface area contributed by atoms with Crippen LogP contribution in [0, 0.1) is 19.8 Å². The summed E-state index contributed by atoms with van der Waals surface area (Å²) in [5, 5.41) is 13.6. The Morgan fingerprint density at radius 1 is 1.25 bits per heavy atom. The van der Waals surface area contributed by atoms with Gasteiger partial charge in [-0.2, -0.15) is 10.1 Å². The molecule has 0 bridgehead atoms. The third kappa shape index (κ3) is 3.69. The molecule has 0 aliphatic carbocycles. The van der Waals surface area contributed by atoms with Crippen molar-refractivity contribution in [3.8, 4) is 5.75 Å². The Morgan fingerprint density at radius 3 is 2.82 bits per heavy atom. The number of phenols is 1. The fourth-order valence-electron chi connectivity index (χ4n) is 4.10. The molecule has 1 aliphatic heterocycles. The van der Waals surface area contributed by atoms with Crippen molar-refractivity contribution in [3.63, 3.8) is 0 Å². The van der Waals surface area contributed by atoms with Crippen molar-refractivity contribution in [3.05, 3.63) is 53.1 Å². The number of nitrogens with zero attached hydrogens (tertiary/aromatic N) is 5. The van der Waals surface area contributed by atoms with E-state index in [1.807, 2.05) is 30.9 Å². The number of aromatic nitrogens is 4. The van der Waals surface area contributed by atoms with Crippen LogP contribution < -0.4 is 0 Å². The molecule has 146 valence electrons. The smallest absolute Gasteiger partial charge is 0.252 e. The minimum Gasteiger partial charge on any atom is -0.508 e. The number of benzene rings is 1. The Morgan fingerprint density at radius 2 is 2.04 bits per heavy atom. The van der Waals surface area contributed by atoms with Gasteiger partial charge in [0.1, 0.15) is 12.1 Å². The molecule has 1 saturated heterocycles. The number of carbonyl (C=O) groups excluding carboxylic acids is 1. The van der Waals surface area contributed by atoms with E-state index in [-0.39, 0.29) is 11.7 Å². The Bertz CT molecular complexity index is 996. The average molecular weight is 379 g/mol. The van der Waals surface area contributed by atoms with Crippen molar-refractivity contribution in [2.75, 3.05) is 13.1 Å². The maximum Gasteiger partial charge on any atom is 0.252 e. The van der Waals surface area contributed by atoms with Crippen LogP contribution in [0.25, 0.3) is 5.78 Å². The van der Waals surface area contributed by atoms with E-state index >= 15 is 0 Å². The van der Waals surface area contributed by atoms with Crippen LogP contribution >= 0.6 is 0 Å². The van der Waals surface area contributed by atoms with Gasteiger partial charge in [0, 0.05) is 30.9 Å². The monoisotopic (exact) mass is 379 g/mol. The number of rotatable bonds is 5. The summed E-state index contributed by atoms with van der Waals surface area (Å²) in [5.74, 6) is 1.56. The normalized spacial score (nSPS) is 16.8. The molecule has 2 aromatic heterocycles. The van der Waals surface area contributed by atoms with Gasteiger partial charge in [0.15, 0.2) is 0 Å². The van der Waals surface area contributed by atoms with E-state index in [4.69, 9.17) is 0 Å². The lowest BCUT2D eigenvalue weighted by molar-refractivity contribution is -0.130. The van der Waals surface area contributed by atoms with Gasteiger partial charge >= 0.3 is 0 Å². The fraction of sp³-hybridized carbons (Fsp3) is 0.429. The molecule has 7 heteroatoms. The SMILES string of the molecule is Cc1nc2ncnn2c(C)c1CCC(=O)N1CCC(Cc2ccc(O)cc2)C1. The van der Waals surface area contributed by atoms with E-state index in [2.05, 4.69) is 15.1 Å². The molecule has 7 nitrogen and oxygen atoms in total. The van der Waals surface area contributed by atoms with Crippen LogP contribution in [0.15, 0.2) is 30.6 Å². The standard InChI is InChI=1S/C21H25N5O2/c1-14-19(15(2)26-21(24-14)22-13-23-26)7-8-20(28)25-10-9-17(12-25)11-16-3-5-18(27)6-4-16/h3-6,13,17,27H,7-12H2,1-2H3. The van der Waals surface area contributed by atoms with Gasteiger partial charge in [0.25, 0.3) is 5.78 Å². The second kappa shape index (κ2) is 7.58. The number of phenolic OH excluding ortho intramolecular Hbond substituents is 1. The van der Waals surface area contributed by atoms with Crippen molar-refractivity contribution in [1.29, 1.82) is 0 Å². The molecule has 1 aliphatic rings. The fourth-order valence-corrected chi connectivity index (χ4v) is 4.10. The van der Waals surface area contributed by atoms with Crippen LogP contribution in [0.4, 0.5) is 0 Å². The van der Waals surface area contributed by atoms with E-state index in [1.165, 1.54) is 11.9 Å². The van der Waals surface area contributed by atoms with Gasteiger partial charge in [-0.3, -0.25) is 4.79 Å². The van der Waals surface area contributed by atoms with Gasteiger partial charge in [0.05, 0.1) is 0 Å². The first-order chi connectivity index (χ1) is 13.5. The molecule has 1 N–H and O–H groups in total. The van der Waals surface area contributed by atoms with E-state index in [1.54, 1.807) is 16.6 Å². The average Bonchev–Trinajstić information content (AvgIpc) is 3.33. The van der Waals surface area contributed by atoms with Gasteiger partial charge in [-0.05, 0) is 62.3 Å². The van der Waals surface area contributed by atoms with Gasteiger partial charge in [-0.25, -0.2) is 9.50 Å². The molecule has 1 atom stereocenters. The number of aromatic hydroxyl groups is 1. The summed E-state index contributed by atoms with van der Waals surface area (Å²) in [6.45, 7) is 5.59. The summed E-state index contributed by atoms with van der Waals surface area (Å²) in [6, 6.07) is 7.35. The second-order valence-electron chi connectivity index (χ2n) is 7.60. The van der Waals surface area contributed by atoms with E-state index < -0.39 is 0 Å². The lowest BCUT2D eigenvalue weighted by Gasteiger charge is -2.17. The number of aryl methyl sites for hydroxylation is 2. The minimum atomic E-state index is 0.200. The van der Waals surface area contributed by atoms with Crippen LogP contribution in [-0.2, 0) is 17.6 Å². The highest BCUT2D eigenvalue weighted by Crippen LogP contribution is 2.23. The molecule has 3 aromatic rings. The molecular formula is C21H25N5O2. The Balaban J connectivity index is 1.35. The molecule has 3 heterocycles. The largest absolute Gasteiger partial charge is 0.508 e. The first-order valence-electron chi connectivity index (χ1n) is 9.72. The highest BCUT2D eigenvalue weighted by molar-refractivity contribution is 5.76. The van der Waals surface area contributed by atoms with E-state index in [0.717, 1.165) is 42.9 Å². The molecular weight excluding hydrogens is 354 g/mol. The lowest BCUT2D eigenvalue weighted by Crippen LogP contribution is -2.29. The maximum atomic E-state index is 12.7. The number of amides is 1. The molecule has 28 heavy (non-hydrogen) atoms. The Hall–Kier alpha value is -2.96. The first-order valence-corrected chi connectivity index (χ1v) is 9.72. The quantitative estimate of drug-likeness (QED) is 0.736. The zero-order valence-electron chi connectivity index (χ0n) is 16.3. The van der Waals surface area contributed by atoms with Crippen molar-refractivity contribution >= 4 is 11.7 Å². The van der Waals surface area contributed by atoms with E-state index in [9.17, 15) is 9.90 Å².